The lowest BCUT2D eigenvalue weighted by Crippen LogP contribution is -2.04. The average Bonchev–Trinajstić information content (AvgIpc) is 2.62. The van der Waals surface area contributed by atoms with E-state index in [1.54, 1.807) is 24.3 Å². The molecule has 0 unspecified atom stereocenters. The van der Waals surface area contributed by atoms with Crippen molar-refractivity contribution in [1.82, 2.24) is 9.97 Å². The molecule has 0 spiro atoms. The van der Waals surface area contributed by atoms with Gasteiger partial charge < -0.3 is 5.32 Å². The summed E-state index contributed by atoms with van der Waals surface area (Å²) >= 11 is 0. The number of benzene rings is 2. The maximum Gasteiger partial charge on any atom is 0.416 e. The number of nitrogens with one attached hydrogen (secondary N) is 1. The zero-order valence-corrected chi connectivity index (χ0v) is 12.7. The molecule has 0 aliphatic carbocycles. The number of halogens is 3. The number of aromatic nitrogens is 2. The Morgan fingerprint density at radius 3 is 2.44 bits per heavy atom. The van der Waals surface area contributed by atoms with E-state index < -0.39 is 11.7 Å². The number of nitrogens with zero attached hydrogens (tertiary/aromatic N) is 3. The Balaban J connectivity index is 1.83. The van der Waals surface area contributed by atoms with E-state index in [-0.39, 0.29) is 5.95 Å². The Kier molecular flexibility index (Phi) is 4.35. The Morgan fingerprint density at radius 2 is 1.76 bits per heavy atom. The van der Waals surface area contributed by atoms with Gasteiger partial charge in [-0.3, -0.25) is 0 Å². The predicted molar refractivity (Wildman–Crippen MR) is 86.9 cm³/mol. The van der Waals surface area contributed by atoms with Gasteiger partial charge in [-0.1, -0.05) is 12.1 Å². The van der Waals surface area contributed by atoms with Crippen LogP contribution in [-0.2, 0) is 6.18 Å². The molecule has 2 aromatic carbocycles. The lowest BCUT2D eigenvalue weighted by atomic mass is 10.1. The van der Waals surface area contributed by atoms with E-state index in [1.165, 1.54) is 18.3 Å². The van der Waals surface area contributed by atoms with Gasteiger partial charge in [0.15, 0.2) is 0 Å². The number of rotatable bonds is 3. The van der Waals surface area contributed by atoms with Gasteiger partial charge in [0.05, 0.1) is 22.9 Å². The maximum absolute atomic E-state index is 12.6. The first-order valence-electron chi connectivity index (χ1n) is 7.23. The van der Waals surface area contributed by atoms with Crippen LogP contribution in [0, 0.1) is 11.3 Å². The van der Waals surface area contributed by atoms with E-state index in [2.05, 4.69) is 21.4 Å². The summed E-state index contributed by atoms with van der Waals surface area (Å²) in [6.07, 6.45) is -2.84. The summed E-state index contributed by atoms with van der Waals surface area (Å²) in [7, 11) is 0. The smallest absolute Gasteiger partial charge is 0.324 e. The molecular formula is C18H11F3N4. The molecule has 0 saturated carbocycles. The Labute approximate surface area is 141 Å². The summed E-state index contributed by atoms with van der Waals surface area (Å²) < 4.78 is 37.7. The van der Waals surface area contributed by atoms with Gasteiger partial charge >= 0.3 is 6.18 Å². The molecule has 124 valence electrons. The van der Waals surface area contributed by atoms with Crippen LogP contribution >= 0.6 is 0 Å². The van der Waals surface area contributed by atoms with E-state index in [9.17, 15) is 13.2 Å². The highest BCUT2D eigenvalue weighted by atomic mass is 19.4. The van der Waals surface area contributed by atoms with Crippen LogP contribution in [0.3, 0.4) is 0 Å². The summed E-state index contributed by atoms with van der Waals surface area (Å²) in [6.45, 7) is 0. The molecule has 25 heavy (non-hydrogen) atoms. The quantitative estimate of drug-likeness (QED) is 0.745. The van der Waals surface area contributed by atoms with Gasteiger partial charge in [0.25, 0.3) is 0 Å². The van der Waals surface area contributed by atoms with Crippen molar-refractivity contribution in [2.45, 2.75) is 6.18 Å². The van der Waals surface area contributed by atoms with Gasteiger partial charge in [0.2, 0.25) is 5.95 Å². The van der Waals surface area contributed by atoms with Crippen molar-refractivity contribution in [2.24, 2.45) is 0 Å². The van der Waals surface area contributed by atoms with Crippen molar-refractivity contribution in [3.05, 3.63) is 71.9 Å². The van der Waals surface area contributed by atoms with Gasteiger partial charge in [-0.05, 0) is 42.5 Å². The highest BCUT2D eigenvalue weighted by Gasteiger charge is 2.29. The van der Waals surface area contributed by atoms with Gasteiger partial charge in [0, 0.05) is 17.4 Å². The fourth-order valence-corrected chi connectivity index (χ4v) is 2.20. The fourth-order valence-electron chi connectivity index (χ4n) is 2.20. The SMILES string of the molecule is N#Cc1cccc(-c2ccnc(Nc3ccc(C(F)(F)F)cc3)n2)c1. The lowest BCUT2D eigenvalue weighted by Gasteiger charge is -2.09. The van der Waals surface area contributed by atoms with Crippen LogP contribution in [0.15, 0.2) is 60.8 Å². The maximum atomic E-state index is 12.6. The second kappa shape index (κ2) is 6.61. The van der Waals surface area contributed by atoms with Crippen molar-refractivity contribution < 1.29 is 13.2 Å². The molecule has 0 amide bonds. The molecular weight excluding hydrogens is 329 g/mol. The molecule has 0 aliphatic heterocycles. The second-order valence-corrected chi connectivity index (χ2v) is 5.16. The third kappa shape index (κ3) is 3.93. The molecule has 3 rings (SSSR count). The van der Waals surface area contributed by atoms with Crippen LogP contribution in [0.1, 0.15) is 11.1 Å². The van der Waals surface area contributed by atoms with Crippen LogP contribution in [-0.4, -0.2) is 9.97 Å². The molecule has 0 radical (unpaired) electrons. The molecule has 1 N–H and O–H groups in total. The number of anilines is 2. The molecule has 0 bridgehead atoms. The average molecular weight is 340 g/mol. The number of hydrogen-bond donors (Lipinski definition) is 1. The number of nitriles is 1. The normalized spacial score (nSPS) is 11.0. The molecule has 4 nitrogen and oxygen atoms in total. The van der Waals surface area contributed by atoms with Gasteiger partial charge in [-0.25, -0.2) is 9.97 Å². The minimum absolute atomic E-state index is 0.250. The monoisotopic (exact) mass is 340 g/mol. The van der Waals surface area contributed by atoms with Gasteiger partial charge in [0.1, 0.15) is 0 Å². The highest BCUT2D eigenvalue weighted by molar-refractivity contribution is 5.63. The van der Waals surface area contributed by atoms with E-state index in [0.717, 1.165) is 17.7 Å². The van der Waals surface area contributed by atoms with Crippen LogP contribution in [0.5, 0.6) is 0 Å². The molecule has 3 aromatic rings. The van der Waals surface area contributed by atoms with E-state index in [0.29, 0.717) is 16.9 Å². The number of alkyl halides is 3. The van der Waals surface area contributed by atoms with Gasteiger partial charge in [-0.15, -0.1) is 0 Å². The van der Waals surface area contributed by atoms with Crippen LogP contribution in [0.2, 0.25) is 0 Å². The molecule has 1 heterocycles. The lowest BCUT2D eigenvalue weighted by molar-refractivity contribution is -0.137. The summed E-state index contributed by atoms with van der Waals surface area (Å²) in [6, 6.07) is 15.3. The Bertz CT molecular complexity index is 928. The Morgan fingerprint density at radius 1 is 1.00 bits per heavy atom. The minimum atomic E-state index is -4.37. The first-order chi connectivity index (χ1) is 12.0. The van der Waals surface area contributed by atoms with Crippen LogP contribution in [0.4, 0.5) is 24.8 Å². The standard InChI is InChI=1S/C18H11F3N4/c19-18(20,21)14-4-6-15(7-5-14)24-17-23-9-8-16(25-17)13-3-1-2-12(10-13)11-22/h1-10H,(H,23,24,25). The van der Waals surface area contributed by atoms with Crippen molar-refractivity contribution in [3.8, 4) is 17.3 Å². The van der Waals surface area contributed by atoms with Crippen molar-refractivity contribution >= 4 is 11.6 Å². The first-order valence-corrected chi connectivity index (χ1v) is 7.23. The first kappa shape index (κ1) is 16.5. The Hall–Kier alpha value is -3.40. The summed E-state index contributed by atoms with van der Waals surface area (Å²) in [5.41, 5.74) is 1.57. The molecule has 0 saturated heterocycles. The van der Waals surface area contributed by atoms with Crippen molar-refractivity contribution in [2.75, 3.05) is 5.32 Å². The summed E-state index contributed by atoms with van der Waals surface area (Å²) in [4.78, 5) is 8.40. The van der Waals surface area contributed by atoms with E-state index in [1.807, 2.05) is 6.07 Å². The van der Waals surface area contributed by atoms with E-state index >= 15 is 0 Å². The van der Waals surface area contributed by atoms with Gasteiger partial charge in [-0.2, -0.15) is 18.4 Å². The molecule has 7 heteroatoms. The molecule has 0 atom stereocenters. The fraction of sp³-hybridized carbons (Fsp3) is 0.0556. The third-order valence-electron chi connectivity index (χ3n) is 3.41. The highest BCUT2D eigenvalue weighted by Crippen LogP contribution is 2.30. The van der Waals surface area contributed by atoms with Crippen LogP contribution < -0.4 is 5.32 Å². The largest absolute Gasteiger partial charge is 0.416 e. The zero-order valence-electron chi connectivity index (χ0n) is 12.7. The molecule has 0 aliphatic rings. The molecule has 1 aromatic heterocycles. The summed E-state index contributed by atoms with van der Waals surface area (Å²) in [5.74, 6) is 0.250. The van der Waals surface area contributed by atoms with E-state index in [4.69, 9.17) is 5.26 Å². The summed E-state index contributed by atoms with van der Waals surface area (Å²) in [5, 5.41) is 11.8. The molecule has 0 fully saturated rings. The zero-order chi connectivity index (χ0) is 17.9. The second-order valence-electron chi connectivity index (χ2n) is 5.16. The third-order valence-corrected chi connectivity index (χ3v) is 3.41. The topological polar surface area (TPSA) is 61.6 Å². The van der Waals surface area contributed by atoms with Crippen LogP contribution in [0.25, 0.3) is 11.3 Å². The predicted octanol–water partition coefficient (Wildman–Crippen LogP) is 4.78. The van der Waals surface area contributed by atoms with Crippen molar-refractivity contribution in [3.63, 3.8) is 0 Å². The number of hydrogen-bond acceptors (Lipinski definition) is 4. The minimum Gasteiger partial charge on any atom is -0.324 e. The van der Waals surface area contributed by atoms with Crippen molar-refractivity contribution in [1.29, 1.82) is 5.26 Å².